The highest BCUT2D eigenvalue weighted by molar-refractivity contribution is 5.37. The molecule has 0 saturated heterocycles. The van der Waals surface area contributed by atoms with Crippen LogP contribution in [0.4, 0.5) is 0 Å². The van der Waals surface area contributed by atoms with E-state index < -0.39 is 0 Å². The number of nitrogens with zero attached hydrogens (tertiary/aromatic N) is 4. The molecule has 0 N–H and O–H groups in total. The molecular formula is C10H24N4O2. The second-order valence-electron chi connectivity index (χ2n) is 5.55. The lowest BCUT2D eigenvalue weighted by molar-refractivity contribution is -0.849. The van der Waals surface area contributed by atoms with Gasteiger partial charge >= 0.3 is 0 Å². The van der Waals surface area contributed by atoms with Crippen LogP contribution >= 0.6 is 0 Å². The predicted octanol–water partition coefficient (Wildman–Crippen LogP) is 0.428. The minimum Gasteiger partial charge on any atom is -0.724 e. The molecule has 0 saturated carbocycles. The van der Waals surface area contributed by atoms with Crippen molar-refractivity contribution in [1.82, 2.24) is 0 Å². The smallest absolute Gasteiger partial charge is 0.0675 e. The molecule has 0 spiro atoms. The maximum absolute atomic E-state index is 8.24. The van der Waals surface area contributed by atoms with Gasteiger partial charge in [-0.05, 0) is 12.2 Å². The fraction of sp³-hybridized carbons (Fsp3) is 0.800. The monoisotopic (exact) mass is 232 g/mol. The molecule has 0 heterocycles. The summed E-state index contributed by atoms with van der Waals surface area (Å²) in [5.41, 5.74) is 0. The summed E-state index contributed by atoms with van der Waals surface area (Å²) in [6.45, 7) is 0. The summed E-state index contributed by atoms with van der Waals surface area (Å²) < 4.78 is 2.00. The highest BCUT2D eigenvalue weighted by Crippen LogP contribution is 1.74. The van der Waals surface area contributed by atoms with Crippen LogP contribution < -0.4 is 0 Å². The van der Waals surface area contributed by atoms with Crippen molar-refractivity contribution in [2.45, 2.75) is 0 Å². The van der Waals surface area contributed by atoms with Crippen molar-refractivity contribution in [1.29, 1.82) is 0 Å². The first-order valence-corrected chi connectivity index (χ1v) is 4.43. The quantitative estimate of drug-likeness (QED) is 0.345. The highest BCUT2D eigenvalue weighted by Gasteiger charge is 1.88. The standard InChI is InChI=1S/2C4H12N.2CNO/c2*1-5(2,3)4;2*2-1-3/h2*1-4H3;;/q2*+1;2*-1. The van der Waals surface area contributed by atoms with Crippen molar-refractivity contribution in [3.05, 3.63) is 10.8 Å². The number of hydrogen-bond acceptors (Lipinski definition) is 2. The predicted molar refractivity (Wildman–Crippen MR) is 66.0 cm³/mol. The molecule has 6 heteroatoms. The molecule has 0 bridgehead atoms. The van der Waals surface area contributed by atoms with Gasteiger partial charge in [-0.1, -0.05) is 0 Å². The molecule has 16 heavy (non-hydrogen) atoms. The molecule has 0 aliphatic rings. The molecule has 0 fully saturated rings. The van der Waals surface area contributed by atoms with Gasteiger partial charge in [0, 0.05) is 0 Å². The van der Waals surface area contributed by atoms with Crippen LogP contribution in [-0.4, -0.2) is 77.5 Å². The van der Waals surface area contributed by atoms with Gasteiger partial charge < -0.3 is 19.8 Å². The van der Waals surface area contributed by atoms with E-state index in [1.165, 1.54) is 0 Å². The van der Waals surface area contributed by atoms with Crippen LogP contribution in [0.2, 0.25) is 0 Å². The first-order chi connectivity index (χ1) is 6.83. The molecule has 0 amide bonds. The number of rotatable bonds is 0. The van der Waals surface area contributed by atoms with Gasteiger partial charge in [-0.25, -0.2) is 0 Å². The molecule has 0 unspecified atom stereocenters. The van der Waals surface area contributed by atoms with Gasteiger partial charge in [-0.3, -0.25) is 9.59 Å². The summed E-state index contributed by atoms with van der Waals surface area (Å²) >= 11 is 0. The fourth-order valence-corrected chi connectivity index (χ4v) is 0. The van der Waals surface area contributed by atoms with Crippen LogP contribution in [-0.2, 0) is 9.59 Å². The number of quaternary nitrogens is 2. The van der Waals surface area contributed by atoms with Gasteiger partial charge in [0.1, 0.15) is 0 Å². The van der Waals surface area contributed by atoms with Crippen molar-refractivity contribution >= 4 is 12.2 Å². The summed E-state index contributed by atoms with van der Waals surface area (Å²) in [4.78, 5) is 16.5. The highest BCUT2D eigenvalue weighted by atomic mass is 16.1. The zero-order chi connectivity index (χ0) is 14.4. The topological polar surface area (TPSA) is 78.7 Å². The largest absolute Gasteiger partial charge is 0.724 e. The number of hydrogen-bond donors (Lipinski definition) is 0. The fourth-order valence-electron chi connectivity index (χ4n) is 0. The minimum absolute atomic E-state index is 0.500. The Morgan fingerprint density at radius 3 is 0.625 bits per heavy atom. The third kappa shape index (κ3) is 993. The average Bonchev–Trinajstić information content (AvgIpc) is 1.79. The van der Waals surface area contributed by atoms with E-state index in [-0.39, 0.29) is 0 Å². The molecule has 0 atom stereocenters. The van der Waals surface area contributed by atoms with Crippen LogP contribution in [0.25, 0.3) is 10.8 Å². The lowest BCUT2D eigenvalue weighted by atomic mass is 10.8. The van der Waals surface area contributed by atoms with E-state index in [0.29, 0.717) is 12.2 Å². The van der Waals surface area contributed by atoms with Crippen LogP contribution in [0.5, 0.6) is 0 Å². The van der Waals surface area contributed by atoms with Crippen LogP contribution in [0.1, 0.15) is 0 Å². The van der Waals surface area contributed by atoms with Gasteiger partial charge in [0.15, 0.2) is 0 Å². The van der Waals surface area contributed by atoms with E-state index in [1.54, 1.807) is 0 Å². The Morgan fingerprint density at radius 2 is 0.625 bits per heavy atom. The zero-order valence-corrected chi connectivity index (χ0v) is 11.6. The van der Waals surface area contributed by atoms with Crippen molar-refractivity contribution in [3.63, 3.8) is 0 Å². The minimum atomic E-state index is 0.500. The lowest BCUT2D eigenvalue weighted by Gasteiger charge is -2.14. The Bertz CT molecular complexity index is 166. The van der Waals surface area contributed by atoms with Crippen LogP contribution in [0.3, 0.4) is 0 Å². The van der Waals surface area contributed by atoms with E-state index in [2.05, 4.69) is 56.4 Å². The Balaban J connectivity index is -0.0000000621. The Hall–Kier alpha value is -1.32. The van der Waals surface area contributed by atoms with E-state index in [0.717, 1.165) is 8.97 Å². The molecule has 0 aliphatic carbocycles. The van der Waals surface area contributed by atoms with Crippen LogP contribution in [0.15, 0.2) is 0 Å². The van der Waals surface area contributed by atoms with E-state index >= 15 is 0 Å². The number of isocyanates is 2. The Morgan fingerprint density at radius 1 is 0.625 bits per heavy atom. The summed E-state index contributed by atoms with van der Waals surface area (Å²) in [5, 5.41) is 13.5. The molecular weight excluding hydrogens is 208 g/mol. The molecule has 0 radical (unpaired) electrons. The maximum atomic E-state index is 8.24. The second-order valence-corrected chi connectivity index (χ2v) is 5.55. The summed E-state index contributed by atoms with van der Waals surface area (Å²) in [7, 11) is 17.0. The number of carbonyl (C=O) groups excluding carboxylic acids is 2. The third-order valence-corrected chi connectivity index (χ3v) is 0. The van der Waals surface area contributed by atoms with Crippen molar-refractivity contribution in [3.8, 4) is 0 Å². The summed E-state index contributed by atoms with van der Waals surface area (Å²) in [5.74, 6) is 0. The normalized spacial score (nSPS) is 8.50. The molecule has 0 rings (SSSR count). The van der Waals surface area contributed by atoms with Gasteiger partial charge in [0.05, 0.1) is 56.4 Å². The summed E-state index contributed by atoms with van der Waals surface area (Å²) in [6.07, 6.45) is 1.00. The first-order valence-electron chi connectivity index (χ1n) is 4.43. The van der Waals surface area contributed by atoms with Gasteiger partial charge in [0.2, 0.25) is 0 Å². The molecule has 6 nitrogen and oxygen atoms in total. The maximum Gasteiger partial charge on any atom is 0.0675 e. The Labute approximate surface area is 98.7 Å². The van der Waals surface area contributed by atoms with Crippen LogP contribution in [0, 0.1) is 0 Å². The van der Waals surface area contributed by atoms with Gasteiger partial charge in [-0.2, -0.15) is 0 Å². The lowest BCUT2D eigenvalue weighted by Crippen LogP contribution is -2.27. The van der Waals surface area contributed by atoms with E-state index in [4.69, 9.17) is 20.4 Å². The second kappa shape index (κ2) is 13.7. The van der Waals surface area contributed by atoms with Gasteiger partial charge in [-0.15, -0.1) is 0 Å². The molecule has 0 aliphatic heterocycles. The van der Waals surface area contributed by atoms with E-state index in [1.807, 2.05) is 0 Å². The summed E-state index contributed by atoms with van der Waals surface area (Å²) in [6, 6.07) is 0. The first kappa shape index (κ1) is 24.1. The zero-order valence-electron chi connectivity index (χ0n) is 11.6. The molecule has 0 aromatic heterocycles. The molecule has 96 valence electrons. The Kier molecular flexibility index (Phi) is 20.6. The van der Waals surface area contributed by atoms with Crippen molar-refractivity contribution < 1.29 is 18.6 Å². The average molecular weight is 232 g/mol. The van der Waals surface area contributed by atoms with Gasteiger partial charge in [0.25, 0.3) is 0 Å². The van der Waals surface area contributed by atoms with Crippen molar-refractivity contribution in [2.24, 2.45) is 0 Å². The third-order valence-electron chi connectivity index (χ3n) is 0. The van der Waals surface area contributed by atoms with E-state index in [9.17, 15) is 0 Å². The SMILES string of the molecule is C[N+](C)(C)C.C[N+](C)(C)C.[N-]=C=O.[N-]=C=O. The molecule has 0 aromatic rings. The molecule has 0 aromatic carbocycles. The van der Waals surface area contributed by atoms with Crippen molar-refractivity contribution in [2.75, 3.05) is 56.4 Å².